The molecule has 7 heteroatoms. The van der Waals surface area contributed by atoms with E-state index in [1.807, 2.05) is 44.2 Å². The number of aromatic carboxylic acids is 1. The van der Waals surface area contributed by atoms with Gasteiger partial charge in [-0.05, 0) is 78.1 Å². The van der Waals surface area contributed by atoms with E-state index in [4.69, 9.17) is 11.6 Å². The highest BCUT2D eigenvalue weighted by molar-refractivity contribution is 6.30. The van der Waals surface area contributed by atoms with Crippen LogP contribution in [0.3, 0.4) is 0 Å². The summed E-state index contributed by atoms with van der Waals surface area (Å²) in [7, 11) is 0. The van der Waals surface area contributed by atoms with Gasteiger partial charge in [0.1, 0.15) is 5.82 Å². The third kappa shape index (κ3) is 5.44. The van der Waals surface area contributed by atoms with Gasteiger partial charge in [-0.1, -0.05) is 53.2 Å². The lowest BCUT2D eigenvalue weighted by Gasteiger charge is -2.20. The monoisotopic (exact) mass is 502 g/mol. The lowest BCUT2D eigenvalue weighted by molar-refractivity contribution is 0.0697. The maximum absolute atomic E-state index is 15.1. The van der Waals surface area contributed by atoms with Gasteiger partial charge in [-0.15, -0.1) is 0 Å². The van der Waals surface area contributed by atoms with Crippen molar-refractivity contribution < 1.29 is 19.5 Å². The first-order valence-corrected chi connectivity index (χ1v) is 11.7. The normalized spacial score (nSPS) is 12.4. The van der Waals surface area contributed by atoms with E-state index in [1.54, 1.807) is 42.6 Å². The molecule has 0 aliphatic rings. The summed E-state index contributed by atoms with van der Waals surface area (Å²) in [5.41, 5.74) is 6.03. The van der Waals surface area contributed by atoms with E-state index < -0.39 is 17.7 Å². The number of carboxylic acids is 1. The molecule has 0 aliphatic heterocycles. The molecule has 4 aromatic rings. The van der Waals surface area contributed by atoms with Crippen molar-refractivity contribution >= 4 is 23.3 Å². The average molecular weight is 503 g/mol. The van der Waals surface area contributed by atoms with Crippen LogP contribution in [0, 0.1) is 19.7 Å². The van der Waals surface area contributed by atoms with E-state index in [0.29, 0.717) is 21.9 Å². The average Bonchev–Trinajstić information content (AvgIpc) is 2.85. The van der Waals surface area contributed by atoms with E-state index in [2.05, 4.69) is 10.1 Å². The van der Waals surface area contributed by atoms with Crippen molar-refractivity contribution in [3.63, 3.8) is 0 Å². The molecule has 0 bridgehead atoms. The summed E-state index contributed by atoms with van der Waals surface area (Å²) in [5, 5.41) is 22.9. The fourth-order valence-electron chi connectivity index (χ4n) is 4.34. The van der Waals surface area contributed by atoms with Gasteiger partial charge in [0.25, 0.3) is 0 Å². The fraction of sp³-hybridized carbons (Fsp3) is 0.138. The van der Waals surface area contributed by atoms with Gasteiger partial charge in [-0.25, -0.2) is 9.18 Å². The second kappa shape index (κ2) is 10.7. The van der Waals surface area contributed by atoms with E-state index in [1.165, 1.54) is 6.07 Å². The summed E-state index contributed by atoms with van der Waals surface area (Å²) in [6, 6.07) is 20.8. The minimum absolute atomic E-state index is 0.230. The number of hydrogen-bond acceptors (Lipinski definition) is 4. The summed E-state index contributed by atoms with van der Waals surface area (Å²) >= 11 is 6.00. The summed E-state index contributed by atoms with van der Waals surface area (Å²) in [6.07, 6.45) is 1.88. The van der Waals surface area contributed by atoms with Gasteiger partial charge in [0.15, 0.2) is 0 Å². The molecule has 0 aliphatic carbocycles. The summed E-state index contributed by atoms with van der Waals surface area (Å²) in [4.78, 5) is 15.5. The third-order valence-corrected chi connectivity index (χ3v) is 6.42. The highest BCUT2D eigenvalue weighted by Gasteiger charge is 2.22. The smallest absolute Gasteiger partial charge is 0.335 e. The van der Waals surface area contributed by atoms with Crippen LogP contribution >= 0.6 is 11.6 Å². The van der Waals surface area contributed by atoms with Gasteiger partial charge < -0.3 is 10.3 Å². The van der Waals surface area contributed by atoms with E-state index in [-0.39, 0.29) is 12.0 Å². The lowest BCUT2D eigenvalue weighted by Crippen LogP contribution is -2.12. The molecule has 5 nitrogen and oxygen atoms in total. The molecule has 0 amide bonds. The van der Waals surface area contributed by atoms with Crippen molar-refractivity contribution in [1.29, 1.82) is 0 Å². The molecule has 36 heavy (non-hydrogen) atoms. The van der Waals surface area contributed by atoms with E-state index in [9.17, 15) is 15.1 Å². The second-order valence-electron chi connectivity index (χ2n) is 8.61. The molecule has 3 aromatic carbocycles. The number of pyridine rings is 1. The molecule has 2 N–H and O–H groups in total. The van der Waals surface area contributed by atoms with Crippen molar-refractivity contribution in [2.45, 2.75) is 26.2 Å². The number of benzene rings is 3. The number of aromatic nitrogens is 1. The van der Waals surface area contributed by atoms with Crippen LogP contribution in [-0.4, -0.2) is 27.0 Å². The van der Waals surface area contributed by atoms with Crippen LogP contribution in [0.2, 0.25) is 5.02 Å². The zero-order chi connectivity index (χ0) is 25.8. The Morgan fingerprint density at radius 3 is 2.36 bits per heavy atom. The minimum Gasteiger partial charge on any atom is -0.478 e. The second-order valence-corrected chi connectivity index (χ2v) is 9.05. The zero-order valence-corrected chi connectivity index (χ0v) is 20.5. The van der Waals surface area contributed by atoms with Crippen molar-refractivity contribution in [3.8, 4) is 11.1 Å². The van der Waals surface area contributed by atoms with E-state index in [0.717, 1.165) is 27.9 Å². The van der Waals surface area contributed by atoms with Crippen LogP contribution < -0.4 is 0 Å². The number of rotatable bonds is 7. The van der Waals surface area contributed by atoms with Gasteiger partial charge in [0.05, 0.1) is 11.3 Å². The van der Waals surface area contributed by atoms with E-state index >= 15 is 4.39 Å². The van der Waals surface area contributed by atoms with Crippen LogP contribution in [0.15, 0.2) is 84.1 Å². The predicted octanol–water partition coefficient (Wildman–Crippen LogP) is 7.26. The molecule has 0 fully saturated rings. The molecule has 1 aromatic heterocycles. The Kier molecular flexibility index (Phi) is 7.46. The number of aryl methyl sites for hydroxylation is 2. The quantitative estimate of drug-likeness (QED) is 0.158. The van der Waals surface area contributed by atoms with Crippen LogP contribution in [-0.2, 0) is 0 Å². The summed E-state index contributed by atoms with van der Waals surface area (Å²) in [5.74, 6) is -1.87. The number of oxime groups is 1. The Morgan fingerprint density at radius 2 is 1.75 bits per heavy atom. The van der Waals surface area contributed by atoms with Gasteiger partial charge in [0, 0.05) is 34.8 Å². The minimum atomic E-state index is -0.974. The molecule has 0 saturated carbocycles. The molecular formula is C29H24ClFN2O3. The molecule has 1 atom stereocenters. The van der Waals surface area contributed by atoms with Crippen LogP contribution in [0.5, 0.6) is 0 Å². The lowest BCUT2D eigenvalue weighted by atomic mass is 9.84. The maximum Gasteiger partial charge on any atom is 0.335 e. The number of halogens is 2. The van der Waals surface area contributed by atoms with Crippen LogP contribution in [0.1, 0.15) is 50.6 Å². The number of hydrogen-bond donors (Lipinski definition) is 2. The Bertz CT molecular complexity index is 1450. The number of nitrogens with zero attached hydrogens (tertiary/aromatic N) is 2. The molecule has 182 valence electrons. The van der Waals surface area contributed by atoms with Crippen LogP contribution in [0.25, 0.3) is 11.1 Å². The summed E-state index contributed by atoms with van der Waals surface area (Å²) in [6.45, 7) is 3.71. The standard InChI is InChI=1S/C29H24ClFN2O3/c1-17-13-22(29(34)35)7-9-24(17)19-3-5-20(6-4-19)26(25-10-8-23(30)15-27(25)31)16-28(33-36)21-11-12-32-18(2)14-21/h3-15,26,36H,16H2,1-2H3,(H,34,35)/b33-28-. The molecule has 0 spiro atoms. The predicted molar refractivity (Wildman–Crippen MR) is 139 cm³/mol. The fourth-order valence-corrected chi connectivity index (χ4v) is 4.50. The molecule has 0 saturated heterocycles. The maximum atomic E-state index is 15.1. The molecule has 4 rings (SSSR count). The van der Waals surface area contributed by atoms with Crippen molar-refractivity contribution in [1.82, 2.24) is 4.98 Å². The summed E-state index contributed by atoms with van der Waals surface area (Å²) < 4.78 is 15.1. The van der Waals surface area contributed by atoms with Gasteiger partial charge in [-0.2, -0.15) is 0 Å². The highest BCUT2D eigenvalue weighted by Crippen LogP contribution is 2.34. The topological polar surface area (TPSA) is 82.8 Å². The first-order chi connectivity index (χ1) is 17.3. The third-order valence-electron chi connectivity index (χ3n) is 6.18. The Labute approximate surface area is 213 Å². The molecule has 1 heterocycles. The van der Waals surface area contributed by atoms with Crippen LogP contribution in [0.4, 0.5) is 4.39 Å². The van der Waals surface area contributed by atoms with Gasteiger partial charge in [-0.3, -0.25) is 4.98 Å². The first-order valence-electron chi connectivity index (χ1n) is 11.3. The van der Waals surface area contributed by atoms with Crippen molar-refractivity contribution in [2.75, 3.05) is 0 Å². The van der Waals surface area contributed by atoms with Crippen molar-refractivity contribution in [3.05, 3.63) is 123 Å². The molecule has 0 radical (unpaired) electrons. The molecular weight excluding hydrogens is 479 g/mol. The van der Waals surface area contributed by atoms with Crippen molar-refractivity contribution in [2.24, 2.45) is 5.16 Å². The number of carboxylic acid groups (broad SMARTS) is 1. The largest absolute Gasteiger partial charge is 0.478 e. The Morgan fingerprint density at radius 1 is 1.00 bits per heavy atom. The van der Waals surface area contributed by atoms with Gasteiger partial charge in [0.2, 0.25) is 0 Å². The van der Waals surface area contributed by atoms with Gasteiger partial charge >= 0.3 is 5.97 Å². The zero-order valence-electron chi connectivity index (χ0n) is 19.7. The first kappa shape index (κ1) is 25.1. The Hall–Kier alpha value is -4.03. The SMILES string of the molecule is Cc1cc(/C(CC(c2ccc(-c3ccc(C(=O)O)cc3C)cc2)c2ccc(Cl)cc2F)=N\O)ccn1. The molecule has 1 unspecified atom stereocenters. The highest BCUT2D eigenvalue weighted by atomic mass is 35.5. The number of carbonyl (C=O) groups is 1. The Balaban J connectivity index is 1.74.